The van der Waals surface area contributed by atoms with Gasteiger partial charge in [0.05, 0.1) is 0 Å². The van der Waals surface area contributed by atoms with Crippen LogP contribution in [-0.2, 0) is 0 Å². The van der Waals surface area contributed by atoms with Gasteiger partial charge in [-0.05, 0) is 47.3 Å². The van der Waals surface area contributed by atoms with Gasteiger partial charge in [-0.1, -0.05) is 67.2 Å². The van der Waals surface area contributed by atoms with Gasteiger partial charge in [0.25, 0.3) is 0 Å². The van der Waals surface area contributed by atoms with E-state index in [0.717, 1.165) is 11.8 Å². The predicted octanol–water partition coefficient (Wildman–Crippen LogP) is 6.06. The highest BCUT2D eigenvalue weighted by atomic mass is 14.6. The van der Waals surface area contributed by atoms with Crippen LogP contribution in [-0.4, -0.2) is 0 Å². The van der Waals surface area contributed by atoms with E-state index in [2.05, 4.69) is 41.5 Å². The summed E-state index contributed by atoms with van der Waals surface area (Å²) in [6, 6.07) is 0. The molecule has 0 heterocycles. The van der Waals surface area contributed by atoms with Crippen molar-refractivity contribution in [3.8, 4) is 0 Å². The maximum atomic E-state index is 2.51. The lowest BCUT2D eigenvalue weighted by Crippen LogP contribution is -2.49. The maximum Gasteiger partial charge on any atom is -0.0169 e. The Morgan fingerprint density at radius 1 is 0.722 bits per heavy atom. The SMILES string of the molecule is CC(C)(C)C1(C(C)(C)C)CCC2CCCCCC21. The fourth-order valence-corrected chi connectivity index (χ4v) is 5.96. The molecule has 18 heavy (non-hydrogen) atoms. The highest BCUT2D eigenvalue weighted by molar-refractivity contribution is 5.08. The van der Waals surface area contributed by atoms with Crippen molar-refractivity contribution in [1.29, 1.82) is 0 Å². The quantitative estimate of drug-likeness (QED) is 0.490. The molecule has 2 aliphatic rings. The smallest absolute Gasteiger partial charge is 0.0169 e. The van der Waals surface area contributed by atoms with Crippen molar-refractivity contribution in [2.75, 3.05) is 0 Å². The summed E-state index contributed by atoms with van der Waals surface area (Å²) in [5.74, 6) is 2.02. The molecule has 0 heteroatoms. The number of rotatable bonds is 0. The summed E-state index contributed by atoms with van der Waals surface area (Å²) in [4.78, 5) is 0. The van der Waals surface area contributed by atoms with Crippen LogP contribution in [0.4, 0.5) is 0 Å². The minimum Gasteiger partial charge on any atom is -0.0596 e. The third-order valence-corrected chi connectivity index (χ3v) is 6.38. The molecule has 2 unspecified atom stereocenters. The zero-order valence-corrected chi connectivity index (χ0v) is 13.6. The summed E-state index contributed by atoms with van der Waals surface area (Å²) in [6.07, 6.45) is 10.4. The first-order chi connectivity index (χ1) is 8.20. The Morgan fingerprint density at radius 3 is 1.83 bits per heavy atom. The summed E-state index contributed by atoms with van der Waals surface area (Å²) in [5.41, 5.74) is 1.43. The summed E-state index contributed by atoms with van der Waals surface area (Å²) in [6.45, 7) is 15.0. The summed E-state index contributed by atoms with van der Waals surface area (Å²) < 4.78 is 0. The lowest BCUT2D eigenvalue weighted by Gasteiger charge is -2.56. The van der Waals surface area contributed by atoms with E-state index in [9.17, 15) is 0 Å². The average Bonchev–Trinajstić information content (AvgIpc) is 2.42. The van der Waals surface area contributed by atoms with Gasteiger partial charge in [-0.2, -0.15) is 0 Å². The predicted molar refractivity (Wildman–Crippen MR) is 80.6 cm³/mol. The molecule has 0 nitrogen and oxygen atoms in total. The largest absolute Gasteiger partial charge is 0.0596 e. The van der Waals surface area contributed by atoms with Crippen LogP contribution in [0, 0.1) is 28.1 Å². The standard InChI is InChI=1S/C18H34/c1-16(2,3)18(17(4,5)6)13-12-14-10-8-7-9-11-15(14)18/h14-15H,7-13H2,1-6H3. The van der Waals surface area contributed by atoms with Gasteiger partial charge in [0, 0.05) is 0 Å². The van der Waals surface area contributed by atoms with E-state index in [4.69, 9.17) is 0 Å². The summed E-state index contributed by atoms with van der Waals surface area (Å²) in [5, 5.41) is 0. The first kappa shape index (κ1) is 14.4. The first-order valence-electron chi connectivity index (χ1n) is 8.20. The van der Waals surface area contributed by atoms with Crippen LogP contribution in [0.3, 0.4) is 0 Å². The second-order valence-corrected chi connectivity index (χ2v) is 9.01. The van der Waals surface area contributed by atoms with Crippen LogP contribution in [0.25, 0.3) is 0 Å². The highest BCUT2D eigenvalue weighted by Crippen LogP contribution is 2.67. The summed E-state index contributed by atoms with van der Waals surface area (Å²) >= 11 is 0. The van der Waals surface area contributed by atoms with Gasteiger partial charge >= 0.3 is 0 Å². The molecule has 0 saturated heterocycles. The minimum atomic E-state index is 0.439. The van der Waals surface area contributed by atoms with Gasteiger partial charge in [0.15, 0.2) is 0 Å². The van der Waals surface area contributed by atoms with Crippen LogP contribution in [0.1, 0.15) is 86.5 Å². The maximum absolute atomic E-state index is 2.51. The third-order valence-electron chi connectivity index (χ3n) is 6.38. The highest BCUT2D eigenvalue weighted by Gasteiger charge is 2.59. The van der Waals surface area contributed by atoms with Crippen molar-refractivity contribution in [2.45, 2.75) is 86.5 Å². The molecule has 0 spiro atoms. The molecule has 2 rings (SSSR count). The van der Waals surface area contributed by atoms with E-state index in [-0.39, 0.29) is 0 Å². The first-order valence-corrected chi connectivity index (χ1v) is 8.20. The van der Waals surface area contributed by atoms with E-state index in [1.165, 1.54) is 44.9 Å². The van der Waals surface area contributed by atoms with Crippen molar-refractivity contribution >= 4 is 0 Å². The number of fused-ring (bicyclic) bond motifs is 1. The van der Waals surface area contributed by atoms with Gasteiger partial charge in [0.1, 0.15) is 0 Å². The van der Waals surface area contributed by atoms with Crippen molar-refractivity contribution in [2.24, 2.45) is 28.1 Å². The molecular weight excluding hydrogens is 216 g/mol. The number of hydrogen-bond donors (Lipinski definition) is 0. The Labute approximate surface area is 115 Å². The van der Waals surface area contributed by atoms with Crippen molar-refractivity contribution < 1.29 is 0 Å². The molecule has 2 fully saturated rings. The van der Waals surface area contributed by atoms with Gasteiger partial charge in [-0.3, -0.25) is 0 Å². The van der Waals surface area contributed by atoms with Crippen molar-refractivity contribution in [1.82, 2.24) is 0 Å². The molecule has 0 aromatic heterocycles. The molecule has 2 atom stereocenters. The molecule has 0 aliphatic heterocycles. The van der Waals surface area contributed by atoms with E-state index in [1.807, 2.05) is 0 Å². The Hall–Kier alpha value is 0. The Morgan fingerprint density at radius 2 is 1.28 bits per heavy atom. The van der Waals surface area contributed by atoms with Crippen molar-refractivity contribution in [3.63, 3.8) is 0 Å². The van der Waals surface area contributed by atoms with E-state index in [0.29, 0.717) is 16.2 Å². The molecular formula is C18H34. The molecule has 0 N–H and O–H groups in total. The Balaban J connectivity index is 2.42. The molecule has 0 radical (unpaired) electrons. The minimum absolute atomic E-state index is 0.439. The normalized spacial score (nSPS) is 33.0. The van der Waals surface area contributed by atoms with Gasteiger partial charge < -0.3 is 0 Å². The van der Waals surface area contributed by atoms with Gasteiger partial charge in [-0.25, -0.2) is 0 Å². The van der Waals surface area contributed by atoms with Gasteiger partial charge in [0.2, 0.25) is 0 Å². The van der Waals surface area contributed by atoms with E-state index in [1.54, 1.807) is 0 Å². The molecule has 106 valence electrons. The molecule has 0 bridgehead atoms. The lowest BCUT2D eigenvalue weighted by atomic mass is 9.48. The summed E-state index contributed by atoms with van der Waals surface area (Å²) in [7, 11) is 0. The lowest BCUT2D eigenvalue weighted by molar-refractivity contribution is -0.0772. The van der Waals surface area contributed by atoms with Crippen LogP contribution in [0.2, 0.25) is 0 Å². The second kappa shape index (κ2) is 4.53. The number of hydrogen-bond acceptors (Lipinski definition) is 0. The zero-order valence-electron chi connectivity index (χ0n) is 13.6. The van der Waals surface area contributed by atoms with E-state index < -0.39 is 0 Å². The molecule has 2 aliphatic carbocycles. The monoisotopic (exact) mass is 250 g/mol. The zero-order chi connectivity index (χ0) is 13.6. The van der Waals surface area contributed by atoms with Crippen molar-refractivity contribution in [3.05, 3.63) is 0 Å². The molecule has 0 aromatic carbocycles. The van der Waals surface area contributed by atoms with Crippen LogP contribution >= 0.6 is 0 Å². The van der Waals surface area contributed by atoms with Crippen LogP contribution in [0.5, 0.6) is 0 Å². The second-order valence-electron chi connectivity index (χ2n) is 9.01. The van der Waals surface area contributed by atoms with Gasteiger partial charge in [-0.15, -0.1) is 0 Å². The molecule has 0 amide bonds. The third kappa shape index (κ3) is 2.04. The molecule has 0 aromatic rings. The van der Waals surface area contributed by atoms with Crippen LogP contribution in [0.15, 0.2) is 0 Å². The topological polar surface area (TPSA) is 0 Å². The fourth-order valence-electron chi connectivity index (χ4n) is 5.96. The fraction of sp³-hybridized carbons (Fsp3) is 1.00. The molecule has 2 saturated carbocycles. The average molecular weight is 250 g/mol. The van der Waals surface area contributed by atoms with Crippen LogP contribution < -0.4 is 0 Å². The Bertz CT molecular complexity index is 272. The Kier molecular flexibility index (Phi) is 3.63. The van der Waals surface area contributed by atoms with E-state index >= 15 is 0 Å².